The van der Waals surface area contributed by atoms with E-state index in [2.05, 4.69) is 10.9 Å². The molecule has 0 bridgehead atoms. The molecule has 1 aromatic carbocycles. The lowest BCUT2D eigenvalue weighted by molar-refractivity contribution is -0.119. The van der Waals surface area contributed by atoms with E-state index in [0.29, 0.717) is 26.7 Å². The first-order chi connectivity index (χ1) is 16.6. The van der Waals surface area contributed by atoms with Crippen LogP contribution < -0.4 is 16.4 Å². The van der Waals surface area contributed by atoms with Crippen LogP contribution in [-0.2, 0) is 24.2 Å². The van der Waals surface area contributed by atoms with E-state index in [9.17, 15) is 14.4 Å². The summed E-state index contributed by atoms with van der Waals surface area (Å²) in [6, 6.07) is 12.2. The van der Waals surface area contributed by atoms with Crippen molar-refractivity contribution >= 4 is 45.1 Å². The molecule has 0 atom stereocenters. The summed E-state index contributed by atoms with van der Waals surface area (Å²) in [5.41, 5.74) is 6.27. The summed E-state index contributed by atoms with van der Waals surface area (Å²) in [5, 5.41) is 1.13. The number of hydrogen-bond acceptors (Lipinski definition) is 7. The van der Waals surface area contributed by atoms with Gasteiger partial charge in [0.2, 0.25) is 5.91 Å². The Hall–Kier alpha value is -3.37. The van der Waals surface area contributed by atoms with Crippen molar-refractivity contribution in [1.82, 2.24) is 20.4 Å². The van der Waals surface area contributed by atoms with Crippen LogP contribution in [0.25, 0.3) is 10.2 Å². The van der Waals surface area contributed by atoms with Crippen LogP contribution in [0.3, 0.4) is 0 Å². The number of furan rings is 1. The summed E-state index contributed by atoms with van der Waals surface area (Å²) in [7, 11) is 0. The maximum atomic E-state index is 13.5. The second-order valence-corrected chi connectivity index (χ2v) is 9.94. The van der Waals surface area contributed by atoms with Gasteiger partial charge in [0.25, 0.3) is 11.5 Å². The van der Waals surface area contributed by atoms with E-state index in [1.165, 1.54) is 4.88 Å². The van der Waals surface area contributed by atoms with E-state index in [4.69, 9.17) is 9.40 Å². The predicted molar refractivity (Wildman–Crippen MR) is 131 cm³/mol. The lowest BCUT2D eigenvalue weighted by Gasteiger charge is -2.13. The zero-order valence-electron chi connectivity index (χ0n) is 18.2. The Bertz CT molecular complexity index is 1390. The molecule has 0 aliphatic heterocycles. The molecule has 3 heterocycles. The minimum atomic E-state index is -0.405. The predicted octanol–water partition coefficient (Wildman–Crippen LogP) is 3.53. The molecule has 3 aromatic heterocycles. The third-order valence-corrected chi connectivity index (χ3v) is 7.78. The Morgan fingerprint density at radius 1 is 1.09 bits per heavy atom. The third-order valence-electron chi connectivity index (χ3n) is 5.62. The van der Waals surface area contributed by atoms with Crippen LogP contribution in [0.1, 0.15) is 39.4 Å². The molecular formula is C24H22N4O4S2. The Kier molecular flexibility index (Phi) is 6.50. The van der Waals surface area contributed by atoms with Crippen LogP contribution >= 0.6 is 23.1 Å². The summed E-state index contributed by atoms with van der Waals surface area (Å²) in [6.45, 7) is 0.230. The Morgan fingerprint density at radius 3 is 2.71 bits per heavy atom. The Morgan fingerprint density at radius 2 is 1.91 bits per heavy atom. The highest BCUT2D eigenvalue weighted by atomic mass is 32.2. The topological polar surface area (TPSA) is 106 Å². The van der Waals surface area contributed by atoms with Crippen LogP contribution in [0.15, 0.2) is 63.1 Å². The number of fused-ring (bicyclic) bond motifs is 3. The summed E-state index contributed by atoms with van der Waals surface area (Å²) in [4.78, 5) is 44.8. The third kappa shape index (κ3) is 4.64. The van der Waals surface area contributed by atoms with Gasteiger partial charge in [-0.2, -0.15) is 0 Å². The molecule has 2 amide bonds. The summed E-state index contributed by atoms with van der Waals surface area (Å²) in [5.74, 6) is -0.194. The fourth-order valence-electron chi connectivity index (χ4n) is 3.98. The number of nitrogens with zero attached hydrogens (tertiary/aromatic N) is 2. The molecule has 0 unspecified atom stereocenters. The Labute approximate surface area is 203 Å². The molecule has 2 N–H and O–H groups in total. The average Bonchev–Trinajstić information content (AvgIpc) is 3.51. The molecule has 0 radical (unpaired) electrons. The largest absolute Gasteiger partial charge is 0.467 e. The maximum absolute atomic E-state index is 13.5. The first-order valence-electron chi connectivity index (χ1n) is 10.9. The molecular weight excluding hydrogens is 472 g/mol. The van der Waals surface area contributed by atoms with Gasteiger partial charge in [0, 0.05) is 10.4 Å². The summed E-state index contributed by atoms with van der Waals surface area (Å²) in [6.07, 6.45) is 5.62. The number of benzene rings is 1. The molecule has 0 spiro atoms. The number of aromatic nitrogens is 2. The molecule has 1 aliphatic carbocycles. The number of aryl methyl sites for hydroxylation is 2. The van der Waals surface area contributed by atoms with Gasteiger partial charge in [-0.15, -0.1) is 11.3 Å². The molecule has 174 valence electrons. The van der Waals surface area contributed by atoms with E-state index in [0.717, 1.165) is 43.0 Å². The van der Waals surface area contributed by atoms with Gasteiger partial charge >= 0.3 is 0 Å². The summed E-state index contributed by atoms with van der Waals surface area (Å²) < 4.78 is 7.04. The highest BCUT2D eigenvalue weighted by Gasteiger charge is 2.23. The molecule has 34 heavy (non-hydrogen) atoms. The van der Waals surface area contributed by atoms with Gasteiger partial charge in [-0.05, 0) is 55.5 Å². The molecule has 10 heteroatoms. The van der Waals surface area contributed by atoms with E-state index >= 15 is 0 Å². The Balaban J connectivity index is 1.36. The van der Waals surface area contributed by atoms with Crippen LogP contribution in [0, 0.1) is 0 Å². The van der Waals surface area contributed by atoms with Crippen molar-refractivity contribution in [3.63, 3.8) is 0 Å². The number of carbonyl (C=O) groups excluding carboxylic acids is 2. The molecule has 8 nitrogen and oxygen atoms in total. The standard InChI is InChI=1S/C24H22N4O4S2/c29-19(26-27-21(30)15-7-2-1-3-8-15)14-33-24-25-22-20(17-10-4-5-11-18(17)34-22)23(31)28(24)13-16-9-6-12-32-16/h1-3,6-9,12H,4-5,10-11,13-14H2,(H,26,29)(H,27,30). The first-order valence-corrected chi connectivity index (χ1v) is 12.7. The van der Waals surface area contributed by atoms with E-state index in [1.54, 1.807) is 58.6 Å². The molecule has 1 aliphatic rings. The number of thioether (sulfide) groups is 1. The monoisotopic (exact) mass is 494 g/mol. The summed E-state index contributed by atoms with van der Waals surface area (Å²) >= 11 is 2.72. The lowest BCUT2D eigenvalue weighted by atomic mass is 9.97. The minimum Gasteiger partial charge on any atom is -0.467 e. The molecule has 5 rings (SSSR count). The smallest absolute Gasteiger partial charge is 0.269 e. The van der Waals surface area contributed by atoms with Gasteiger partial charge in [-0.25, -0.2) is 4.98 Å². The fraction of sp³-hybridized carbons (Fsp3) is 0.250. The van der Waals surface area contributed by atoms with Crippen molar-refractivity contribution in [1.29, 1.82) is 0 Å². The average molecular weight is 495 g/mol. The van der Waals surface area contributed by atoms with E-state index < -0.39 is 11.8 Å². The molecule has 0 saturated heterocycles. The normalized spacial score (nSPS) is 12.9. The fourth-order valence-corrected chi connectivity index (χ4v) is 6.08. The van der Waals surface area contributed by atoms with Crippen LogP contribution in [0.5, 0.6) is 0 Å². The number of hydrazine groups is 1. The quantitative estimate of drug-likeness (QED) is 0.241. The second-order valence-electron chi connectivity index (χ2n) is 7.91. The lowest BCUT2D eigenvalue weighted by Crippen LogP contribution is -2.42. The number of amides is 2. The second kappa shape index (κ2) is 9.86. The highest BCUT2D eigenvalue weighted by Crippen LogP contribution is 2.34. The van der Waals surface area contributed by atoms with Crippen molar-refractivity contribution in [2.45, 2.75) is 37.4 Å². The first kappa shape index (κ1) is 22.4. The van der Waals surface area contributed by atoms with Crippen LogP contribution in [-0.4, -0.2) is 27.1 Å². The van der Waals surface area contributed by atoms with Gasteiger partial charge in [0.1, 0.15) is 10.6 Å². The van der Waals surface area contributed by atoms with Crippen molar-refractivity contribution in [3.8, 4) is 0 Å². The SMILES string of the molecule is O=C(CSc1nc2sc3c(c2c(=O)n1Cc1ccco1)CCCC3)NNC(=O)c1ccccc1. The molecule has 0 saturated carbocycles. The van der Waals surface area contributed by atoms with Gasteiger partial charge in [-0.3, -0.25) is 29.8 Å². The zero-order valence-corrected chi connectivity index (χ0v) is 19.8. The number of nitrogens with one attached hydrogen (secondary N) is 2. The van der Waals surface area contributed by atoms with Crippen molar-refractivity contribution in [2.24, 2.45) is 0 Å². The number of carbonyl (C=O) groups is 2. The minimum absolute atomic E-state index is 0.0176. The zero-order chi connectivity index (χ0) is 23.5. The number of rotatable bonds is 6. The number of thiophene rings is 1. The van der Waals surface area contributed by atoms with Crippen molar-refractivity contribution in [3.05, 3.63) is 80.8 Å². The highest BCUT2D eigenvalue weighted by molar-refractivity contribution is 7.99. The number of hydrogen-bond donors (Lipinski definition) is 2. The van der Waals surface area contributed by atoms with Gasteiger partial charge in [0.15, 0.2) is 5.16 Å². The van der Waals surface area contributed by atoms with Crippen LogP contribution in [0.2, 0.25) is 0 Å². The van der Waals surface area contributed by atoms with Gasteiger partial charge in [-0.1, -0.05) is 30.0 Å². The van der Waals surface area contributed by atoms with Gasteiger partial charge in [0.05, 0.1) is 23.9 Å². The van der Waals surface area contributed by atoms with E-state index in [1.807, 2.05) is 6.07 Å². The maximum Gasteiger partial charge on any atom is 0.269 e. The molecule has 4 aromatic rings. The molecule has 0 fully saturated rings. The van der Waals surface area contributed by atoms with Gasteiger partial charge < -0.3 is 4.42 Å². The van der Waals surface area contributed by atoms with Crippen molar-refractivity contribution < 1.29 is 14.0 Å². The van der Waals surface area contributed by atoms with E-state index in [-0.39, 0.29) is 17.9 Å². The van der Waals surface area contributed by atoms with Crippen LogP contribution in [0.4, 0.5) is 0 Å². The van der Waals surface area contributed by atoms with Crippen molar-refractivity contribution in [2.75, 3.05) is 5.75 Å².